The summed E-state index contributed by atoms with van der Waals surface area (Å²) in [4.78, 5) is 23.5. The Hall–Kier alpha value is -2.61. The standard InChI is InChI=1S/C17H13ClF4N2O2/c18-11-3-6-14(13(9-11)17(20,21)22)24-16(26)15(25)23-8-7-10-1-4-12(19)5-2-10/h1-6,9H,7-8H2,(H,23,25)(H,24,26). The number of alkyl halides is 3. The van der Waals surface area contributed by atoms with Crippen LogP contribution in [0.1, 0.15) is 11.1 Å². The molecule has 2 aromatic carbocycles. The van der Waals surface area contributed by atoms with Crippen LogP contribution >= 0.6 is 11.6 Å². The minimum Gasteiger partial charge on any atom is -0.347 e. The zero-order valence-electron chi connectivity index (χ0n) is 13.2. The lowest BCUT2D eigenvalue weighted by molar-refractivity contribution is -0.138. The molecular formula is C17H13ClF4N2O2. The van der Waals surface area contributed by atoms with Gasteiger partial charge in [-0.3, -0.25) is 9.59 Å². The summed E-state index contributed by atoms with van der Waals surface area (Å²) < 4.78 is 51.7. The molecule has 9 heteroatoms. The number of hydrogen-bond acceptors (Lipinski definition) is 2. The maximum atomic E-state index is 13.0. The minimum atomic E-state index is -4.74. The van der Waals surface area contributed by atoms with E-state index >= 15 is 0 Å². The number of benzene rings is 2. The lowest BCUT2D eigenvalue weighted by Crippen LogP contribution is -2.36. The Labute approximate surface area is 151 Å². The number of amides is 2. The molecule has 0 aliphatic heterocycles. The van der Waals surface area contributed by atoms with Crippen molar-refractivity contribution in [2.75, 3.05) is 11.9 Å². The second-order valence-corrected chi connectivity index (χ2v) is 5.71. The second-order valence-electron chi connectivity index (χ2n) is 5.27. The average Bonchev–Trinajstić information content (AvgIpc) is 2.57. The highest BCUT2D eigenvalue weighted by atomic mass is 35.5. The van der Waals surface area contributed by atoms with Gasteiger partial charge in [-0.25, -0.2) is 4.39 Å². The molecule has 0 aliphatic carbocycles. The quantitative estimate of drug-likeness (QED) is 0.618. The normalized spacial score (nSPS) is 11.1. The van der Waals surface area contributed by atoms with E-state index in [4.69, 9.17) is 11.6 Å². The molecule has 0 radical (unpaired) electrons. The van der Waals surface area contributed by atoms with Gasteiger partial charge in [-0.1, -0.05) is 23.7 Å². The molecule has 0 atom stereocenters. The molecule has 0 bridgehead atoms. The van der Waals surface area contributed by atoms with Crippen molar-refractivity contribution in [1.82, 2.24) is 5.32 Å². The van der Waals surface area contributed by atoms with Crippen LogP contribution in [0.25, 0.3) is 0 Å². The molecule has 0 fully saturated rings. The first-order valence-electron chi connectivity index (χ1n) is 7.37. The van der Waals surface area contributed by atoms with Gasteiger partial charge in [-0.15, -0.1) is 0 Å². The van der Waals surface area contributed by atoms with Crippen molar-refractivity contribution in [3.05, 3.63) is 64.4 Å². The lowest BCUT2D eigenvalue weighted by Gasteiger charge is -2.14. The Morgan fingerprint density at radius 1 is 1.00 bits per heavy atom. The topological polar surface area (TPSA) is 58.2 Å². The SMILES string of the molecule is O=C(NCCc1ccc(F)cc1)C(=O)Nc1ccc(Cl)cc1C(F)(F)F. The van der Waals surface area contributed by atoms with Gasteiger partial charge < -0.3 is 10.6 Å². The highest BCUT2D eigenvalue weighted by Crippen LogP contribution is 2.36. The fourth-order valence-corrected chi connectivity index (χ4v) is 2.26. The molecule has 2 amide bonds. The van der Waals surface area contributed by atoms with Crippen molar-refractivity contribution in [1.29, 1.82) is 0 Å². The lowest BCUT2D eigenvalue weighted by atomic mass is 10.1. The van der Waals surface area contributed by atoms with E-state index in [9.17, 15) is 27.2 Å². The second kappa shape index (κ2) is 8.18. The van der Waals surface area contributed by atoms with Gasteiger partial charge in [-0.2, -0.15) is 13.2 Å². The van der Waals surface area contributed by atoms with Crippen molar-refractivity contribution in [3.63, 3.8) is 0 Å². The maximum Gasteiger partial charge on any atom is 0.418 e. The van der Waals surface area contributed by atoms with Crippen molar-refractivity contribution in [2.45, 2.75) is 12.6 Å². The summed E-state index contributed by atoms with van der Waals surface area (Å²) >= 11 is 5.54. The van der Waals surface area contributed by atoms with Gasteiger partial charge in [-0.05, 0) is 42.3 Å². The smallest absolute Gasteiger partial charge is 0.347 e. The molecule has 26 heavy (non-hydrogen) atoms. The van der Waals surface area contributed by atoms with Crippen LogP contribution in [0.4, 0.5) is 23.2 Å². The van der Waals surface area contributed by atoms with E-state index < -0.39 is 35.1 Å². The minimum absolute atomic E-state index is 0.0602. The summed E-state index contributed by atoms with van der Waals surface area (Å²) in [5.41, 5.74) is -0.998. The Morgan fingerprint density at radius 3 is 2.27 bits per heavy atom. The Kier molecular flexibility index (Phi) is 6.20. The summed E-state index contributed by atoms with van der Waals surface area (Å²) in [5.74, 6) is -2.73. The fraction of sp³-hybridized carbons (Fsp3) is 0.176. The molecule has 2 rings (SSSR count). The van der Waals surface area contributed by atoms with Crippen LogP contribution in [-0.2, 0) is 22.2 Å². The molecule has 0 heterocycles. The first kappa shape index (κ1) is 19.7. The van der Waals surface area contributed by atoms with E-state index in [0.29, 0.717) is 12.5 Å². The zero-order valence-corrected chi connectivity index (χ0v) is 13.9. The molecule has 0 saturated carbocycles. The van der Waals surface area contributed by atoms with Crippen molar-refractivity contribution < 1.29 is 27.2 Å². The molecule has 0 aromatic heterocycles. The number of hydrogen-bond donors (Lipinski definition) is 2. The molecule has 4 nitrogen and oxygen atoms in total. The van der Waals surface area contributed by atoms with Gasteiger partial charge in [0, 0.05) is 11.6 Å². The highest BCUT2D eigenvalue weighted by Gasteiger charge is 2.34. The number of nitrogens with one attached hydrogen (secondary N) is 2. The van der Waals surface area contributed by atoms with Crippen molar-refractivity contribution >= 4 is 29.1 Å². The van der Waals surface area contributed by atoms with Gasteiger partial charge in [0.2, 0.25) is 0 Å². The van der Waals surface area contributed by atoms with Gasteiger partial charge in [0.15, 0.2) is 0 Å². The summed E-state index contributed by atoms with van der Waals surface area (Å²) in [6.45, 7) is 0.0602. The van der Waals surface area contributed by atoms with Crippen LogP contribution < -0.4 is 10.6 Å². The van der Waals surface area contributed by atoms with Crippen LogP contribution in [-0.4, -0.2) is 18.4 Å². The van der Waals surface area contributed by atoms with Crippen molar-refractivity contribution in [2.24, 2.45) is 0 Å². The van der Waals surface area contributed by atoms with Crippen LogP contribution in [0.2, 0.25) is 5.02 Å². The predicted octanol–water partition coefficient (Wildman–Crippen LogP) is 3.80. The third kappa shape index (κ3) is 5.45. The number of carbonyl (C=O) groups is 2. The van der Waals surface area contributed by atoms with Gasteiger partial charge in [0.25, 0.3) is 0 Å². The van der Waals surface area contributed by atoms with Gasteiger partial charge in [0.1, 0.15) is 5.82 Å². The van der Waals surface area contributed by atoms with E-state index in [2.05, 4.69) is 5.32 Å². The summed E-state index contributed by atoms with van der Waals surface area (Å²) in [5, 5.41) is 4.05. The fourth-order valence-electron chi connectivity index (χ4n) is 2.09. The maximum absolute atomic E-state index is 13.0. The largest absolute Gasteiger partial charge is 0.418 e. The average molecular weight is 389 g/mol. The van der Waals surface area contributed by atoms with Gasteiger partial charge >= 0.3 is 18.0 Å². The molecule has 0 spiro atoms. The molecule has 138 valence electrons. The number of rotatable bonds is 4. The molecule has 0 unspecified atom stereocenters. The van der Waals surface area contributed by atoms with Crippen LogP contribution in [0.5, 0.6) is 0 Å². The molecule has 0 saturated heterocycles. The molecule has 2 N–H and O–H groups in total. The monoisotopic (exact) mass is 388 g/mol. The van der Waals surface area contributed by atoms with Crippen molar-refractivity contribution in [3.8, 4) is 0 Å². The summed E-state index contributed by atoms with van der Waals surface area (Å²) in [6, 6.07) is 8.33. The highest BCUT2D eigenvalue weighted by molar-refractivity contribution is 6.39. The van der Waals surface area contributed by atoms with E-state index in [1.54, 1.807) is 0 Å². The van der Waals surface area contributed by atoms with E-state index in [-0.39, 0.29) is 11.6 Å². The Balaban J connectivity index is 1.95. The first-order chi connectivity index (χ1) is 12.2. The Morgan fingerprint density at radius 2 is 1.65 bits per heavy atom. The summed E-state index contributed by atoms with van der Waals surface area (Å²) in [6.07, 6.45) is -4.42. The van der Waals surface area contributed by atoms with Crippen LogP contribution in [0.3, 0.4) is 0 Å². The molecule has 0 aliphatic rings. The van der Waals surface area contributed by atoms with E-state index in [0.717, 1.165) is 11.6 Å². The third-order valence-electron chi connectivity index (χ3n) is 3.35. The third-order valence-corrected chi connectivity index (χ3v) is 3.59. The number of halogens is 5. The zero-order chi connectivity index (χ0) is 19.3. The summed E-state index contributed by atoms with van der Waals surface area (Å²) in [7, 11) is 0. The predicted molar refractivity (Wildman–Crippen MR) is 88.2 cm³/mol. The van der Waals surface area contributed by atoms with Crippen LogP contribution in [0.15, 0.2) is 42.5 Å². The number of carbonyl (C=O) groups excluding carboxylic acids is 2. The molecular weight excluding hydrogens is 376 g/mol. The molecule has 2 aromatic rings. The van der Waals surface area contributed by atoms with E-state index in [1.165, 1.54) is 30.3 Å². The first-order valence-corrected chi connectivity index (χ1v) is 7.75. The van der Waals surface area contributed by atoms with Crippen LogP contribution in [0, 0.1) is 5.82 Å². The van der Waals surface area contributed by atoms with Gasteiger partial charge in [0.05, 0.1) is 11.3 Å². The number of anilines is 1. The Bertz CT molecular complexity index is 807. The van der Waals surface area contributed by atoms with E-state index in [1.807, 2.05) is 5.32 Å².